The highest BCUT2D eigenvalue weighted by molar-refractivity contribution is 6.12. The number of hydrogen-bond acceptors (Lipinski definition) is 4. The van der Waals surface area contributed by atoms with Crippen LogP contribution in [-0.2, 0) is 9.59 Å². The summed E-state index contributed by atoms with van der Waals surface area (Å²) in [6, 6.07) is 1.84. The van der Waals surface area contributed by atoms with Gasteiger partial charge in [0, 0.05) is 6.21 Å². The quantitative estimate of drug-likeness (QED) is 0.590. The summed E-state index contributed by atoms with van der Waals surface area (Å²) in [5, 5.41) is 21.3. The van der Waals surface area contributed by atoms with Gasteiger partial charge >= 0.3 is 5.97 Å². The van der Waals surface area contributed by atoms with Gasteiger partial charge in [0.05, 0.1) is 19.0 Å². The molecule has 6 nitrogen and oxygen atoms in total. The van der Waals surface area contributed by atoms with Crippen LogP contribution in [0.1, 0.15) is 6.42 Å². The van der Waals surface area contributed by atoms with Crippen molar-refractivity contribution in [3.05, 3.63) is 0 Å². The zero-order valence-corrected chi connectivity index (χ0v) is 6.67. The van der Waals surface area contributed by atoms with Crippen molar-refractivity contribution in [1.29, 1.82) is 5.26 Å². The molecule has 0 aromatic heterocycles. The second kappa shape index (κ2) is 3.67. The van der Waals surface area contributed by atoms with Crippen LogP contribution in [0.5, 0.6) is 0 Å². The fourth-order valence-corrected chi connectivity index (χ4v) is 0.922. The molecule has 1 unspecified atom stereocenters. The number of hydrazone groups is 1. The van der Waals surface area contributed by atoms with Crippen molar-refractivity contribution in [1.82, 2.24) is 5.01 Å². The predicted molar refractivity (Wildman–Crippen MR) is 41.6 cm³/mol. The van der Waals surface area contributed by atoms with E-state index in [1.165, 1.54) is 0 Å². The van der Waals surface area contributed by atoms with E-state index in [2.05, 4.69) is 5.10 Å². The summed E-state index contributed by atoms with van der Waals surface area (Å²) in [5.74, 6) is -2.98. The first-order chi connectivity index (χ1) is 6.16. The molecule has 0 spiro atoms. The number of rotatable bonds is 3. The van der Waals surface area contributed by atoms with Crippen LogP contribution >= 0.6 is 0 Å². The van der Waals surface area contributed by atoms with E-state index in [0.29, 0.717) is 0 Å². The molecule has 1 heterocycles. The number of carbonyl (C=O) groups excluding carboxylic acids is 1. The molecule has 68 valence electrons. The Kier molecular flexibility index (Phi) is 2.59. The normalized spacial score (nSPS) is 20.4. The van der Waals surface area contributed by atoms with Crippen LogP contribution in [0.25, 0.3) is 0 Å². The highest BCUT2D eigenvalue weighted by atomic mass is 16.4. The molecule has 1 aliphatic rings. The summed E-state index contributed by atoms with van der Waals surface area (Å²) in [4.78, 5) is 21.6. The second-order valence-corrected chi connectivity index (χ2v) is 2.45. The molecule has 0 radical (unpaired) electrons. The van der Waals surface area contributed by atoms with Crippen molar-refractivity contribution in [3.8, 4) is 6.07 Å². The number of carboxylic acids is 1. The van der Waals surface area contributed by atoms with Gasteiger partial charge in [0.2, 0.25) is 0 Å². The summed E-state index contributed by atoms with van der Waals surface area (Å²) in [6.45, 7) is 0.148. The average Bonchev–Trinajstić information content (AvgIpc) is 2.43. The molecule has 0 saturated carbocycles. The van der Waals surface area contributed by atoms with Gasteiger partial charge in [0.15, 0.2) is 5.92 Å². The van der Waals surface area contributed by atoms with E-state index in [1.807, 2.05) is 6.07 Å². The molecule has 0 saturated heterocycles. The van der Waals surface area contributed by atoms with Crippen molar-refractivity contribution in [3.63, 3.8) is 0 Å². The molecule has 13 heavy (non-hydrogen) atoms. The third kappa shape index (κ3) is 1.82. The Balaban J connectivity index is 2.57. The van der Waals surface area contributed by atoms with Gasteiger partial charge in [-0.1, -0.05) is 0 Å². The third-order valence-corrected chi connectivity index (χ3v) is 1.58. The topological polar surface area (TPSA) is 93.8 Å². The van der Waals surface area contributed by atoms with Crippen LogP contribution in [0, 0.1) is 17.2 Å². The van der Waals surface area contributed by atoms with Crippen LogP contribution in [0.4, 0.5) is 0 Å². The Morgan fingerprint density at radius 3 is 3.00 bits per heavy atom. The zero-order chi connectivity index (χ0) is 9.84. The first kappa shape index (κ1) is 9.19. The Hall–Kier alpha value is -1.90. The van der Waals surface area contributed by atoms with E-state index in [-0.39, 0.29) is 13.0 Å². The summed E-state index contributed by atoms with van der Waals surface area (Å²) in [7, 11) is 0. The number of nitrogens with zero attached hydrogens (tertiary/aromatic N) is 3. The Morgan fingerprint density at radius 2 is 2.54 bits per heavy atom. The standard InChI is InChI=1S/C7H7N3O3/c8-2-1-3-10-6(11)5(4-9-10)7(12)13/h4-5H,1,3H2,(H,12,13). The van der Waals surface area contributed by atoms with Gasteiger partial charge in [-0.25, -0.2) is 5.01 Å². The largest absolute Gasteiger partial charge is 0.480 e. The van der Waals surface area contributed by atoms with Crippen LogP contribution in [0.2, 0.25) is 0 Å². The molecule has 1 atom stereocenters. The monoisotopic (exact) mass is 181 g/mol. The van der Waals surface area contributed by atoms with Crippen LogP contribution in [0.3, 0.4) is 0 Å². The number of nitriles is 1. The van der Waals surface area contributed by atoms with Crippen LogP contribution in [0.15, 0.2) is 5.10 Å². The number of carbonyl (C=O) groups is 2. The minimum Gasteiger partial charge on any atom is -0.480 e. The van der Waals surface area contributed by atoms with Crippen molar-refractivity contribution in [2.75, 3.05) is 6.54 Å². The summed E-state index contributed by atoms with van der Waals surface area (Å²) in [5.41, 5.74) is 0. The maximum absolute atomic E-state index is 11.2. The van der Waals surface area contributed by atoms with Gasteiger partial charge in [-0.05, 0) is 0 Å². The van der Waals surface area contributed by atoms with E-state index < -0.39 is 17.8 Å². The van der Waals surface area contributed by atoms with Crippen LogP contribution in [-0.4, -0.2) is 34.8 Å². The molecule has 0 fully saturated rings. The van der Waals surface area contributed by atoms with Gasteiger partial charge in [-0.15, -0.1) is 0 Å². The van der Waals surface area contributed by atoms with Gasteiger partial charge in [0.1, 0.15) is 0 Å². The molecule has 0 bridgehead atoms. The molecular weight excluding hydrogens is 174 g/mol. The molecule has 1 aliphatic heterocycles. The van der Waals surface area contributed by atoms with E-state index in [0.717, 1.165) is 11.2 Å². The van der Waals surface area contributed by atoms with Crippen molar-refractivity contribution >= 4 is 18.1 Å². The second-order valence-electron chi connectivity index (χ2n) is 2.45. The SMILES string of the molecule is N#CCCN1N=CC(C(=O)O)C1=O. The summed E-state index contributed by atoms with van der Waals surface area (Å²) < 4.78 is 0. The lowest BCUT2D eigenvalue weighted by atomic mass is 10.1. The lowest BCUT2D eigenvalue weighted by Crippen LogP contribution is -2.31. The number of carboxylic acid groups (broad SMARTS) is 1. The predicted octanol–water partition coefficient (Wildman–Crippen LogP) is -0.571. The van der Waals surface area contributed by atoms with E-state index in [1.54, 1.807) is 0 Å². The Morgan fingerprint density at radius 1 is 1.85 bits per heavy atom. The number of hydrogen-bond donors (Lipinski definition) is 1. The molecule has 6 heteroatoms. The van der Waals surface area contributed by atoms with Gasteiger partial charge in [-0.2, -0.15) is 10.4 Å². The van der Waals surface area contributed by atoms with Crippen molar-refractivity contribution in [2.24, 2.45) is 11.0 Å². The average molecular weight is 181 g/mol. The van der Waals surface area contributed by atoms with E-state index >= 15 is 0 Å². The fraction of sp³-hybridized carbons (Fsp3) is 0.429. The highest BCUT2D eigenvalue weighted by Gasteiger charge is 2.33. The summed E-state index contributed by atoms with van der Waals surface area (Å²) in [6.07, 6.45) is 1.22. The minimum absolute atomic E-state index is 0.148. The van der Waals surface area contributed by atoms with Gasteiger partial charge < -0.3 is 5.11 Å². The first-order valence-corrected chi connectivity index (χ1v) is 3.62. The Labute approximate surface area is 74.1 Å². The zero-order valence-electron chi connectivity index (χ0n) is 6.67. The van der Waals surface area contributed by atoms with E-state index in [9.17, 15) is 9.59 Å². The van der Waals surface area contributed by atoms with Crippen molar-refractivity contribution < 1.29 is 14.7 Å². The minimum atomic E-state index is -1.21. The Bertz CT molecular complexity index is 305. The van der Waals surface area contributed by atoms with Gasteiger partial charge in [0.25, 0.3) is 5.91 Å². The third-order valence-electron chi connectivity index (χ3n) is 1.58. The molecular formula is C7H7N3O3. The highest BCUT2D eigenvalue weighted by Crippen LogP contribution is 2.10. The molecule has 1 rings (SSSR count). The maximum atomic E-state index is 11.2. The fourth-order valence-electron chi connectivity index (χ4n) is 0.922. The molecule has 1 amide bonds. The van der Waals surface area contributed by atoms with Gasteiger partial charge in [-0.3, -0.25) is 9.59 Å². The molecule has 0 aliphatic carbocycles. The first-order valence-electron chi connectivity index (χ1n) is 3.62. The number of amides is 1. The smallest absolute Gasteiger partial charge is 0.321 e. The maximum Gasteiger partial charge on any atom is 0.321 e. The lowest BCUT2D eigenvalue weighted by Gasteiger charge is -2.09. The molecule has 0 aromatic carbocycles. The van der Waals surface area contributed by atoms with Crippen LogP contribution < -0.4 is 0 Å². The molecule has 1 N–H and O–H groups in total. The van der Waals surface area contributed by atoms with Crippen molar-refractivity contribution in [2.45, 2.75) is 6.42 Å². The number of aliphatic carboxylic acids is 1. The summed E-state index contributed by atoms with van der Waals surface area (Å²) >= 11 is 0. The van der Waals surface area contributed by atoms with E-state index in [4.69, 9.17) is 10.4 Å². The molecule has 0 aromatic rings. The lowest BCUT2D eigenvalue weighted by molar-refractivity contribution is -0.146.